The number of aliphatic hydroxyl groups is 1. The average molecular weight is 220 g/mol. The minimum Gasteiger partial charge on any atom is -0.502 e. The Balaban J connectivity index is 2.54. The second kappa shape index (κ2) is 3.74. The van der Waals surface area contributed by atoms with Crippen molar-refractivity contribution in [3.8, 4) is 0 Å². The first kappa shape index (κ1) is 9.73. The summed E-state index contributed by atoms with van der Waals surface area (Å²) in [6, 6.07) is 7.65. The molecule has 15 heavy (non-hydrogen) atoms. The van der Waals surface area contributed by atoms with E-state index in [0.717, 1.165) is 15.6 Å². The van der Waals surface area contributed by atoms with Gasteiger partial charge in [0.05, 0.1) is 0 Å². The molecule has 0 unspecified atom stereocenters. The Bertz CT molecular complexity index is 540. The monoisotopic (exact) mass is 220 g/mol. The molecule has 0 spiro atoms. The van der Waals surface area contributed by atoms with Crippen molar-refractivity contribution in [3.05, 3.63) is 41.0 Å². The van der Waals surface area contributed by atoms with Crippen LogP contribution in [-0.4, -0.2) is 16.2 Å². The van der Waals surface area contributed by atoms with Crippen molar-refractivity contribution in [2.45, 2.75) is 0 Å². The number of carboxylic acids is 1. The van der Waals surface area contributed by atoms with Crippen LogP contribution in [0.4, 0.5) is 0 Å². The Kier molecular flexibility index (Phi) is 2.43. The van der Waals surface area contributed by atoms with Gasteiger partial charge >= 0.3 is 5.97 Å². The van der Waals surface area contributed by atoms with Crippen LogP contribution in [-0.2, 0) is 4.79 Å². The Morgan fingerprint density at radius 1 is 1.27 bits per heavy atom. The highest BCUT2D eigenvalue weighted by Gasteiger charge is 2.06. The lowest BCUT2D eigenvalue weighted by atomic mass is 10.1. The molecule has 0 aliphatic heterocycles. The zero-order chi connectivity index (χ0) is 10.8. The molecule has 4 heteroatoms. The summed E-state index contributed by atoms with van der Waals surface area (Å²) < 4.78 is 1.07. The maximum Gasteiger partial charge on any atom is 0.370 e. The average Bonchev–Trinajstić information content (AvgIpc) is 2.62. The molecule has 76 valence electrons. The Hall–Kier alpha value is -1.81. The summed E-state index contributed by atoms with van der Waals surface area (Å²) in [7, 11) is 0. The summed E-state index contributed by atoms with van der Waals surface area (Å²) in [5, 5.41) is 20.4. The molecule has 2 aromatic rings. The largest absolute Gasteiger partial charge is 0.502 e. The first-order chi connectivity index (χ1) is 7.18. The van der Waals surface area contributed by atoms with Gasteiger partial charge in [0.15, 0.2) is 0 Å². The molecule has 1 aromatic carbocycles. The standard InChI is InChI=1S/C11H8O3S/c12-9(11(13)14)5-7-6-15-10-4-2-1-3-8(7)10/h1-6,12H,(H,13,14). The second-order valence-electron chi connectivity index (χ2n) is 3.02. The van der Waals surface area contributed by atoms with Crippen molar-refractivity contribution < 1.29 is 15.0 Å². The van der Waals surface area contributed by atoms with Crippen molar-refractivity contribution in [3.63, 3.8) is 0 Å². The molecule has 0 amide bonds. The SMILES string of the molecule is O=C(O)C(O)=Cc1csc2ccccc12. The molecule has 2 rings (SSSR count). The van der Waals surface area contributed by atoms with Crippen LogP contribution in [0.25, 0.3) is 16.2 Å². The van der Waals surface area contributed by atoms with Crippen molar-refractivity contribution in [1.29, 1.82) is 0 Å². The maximum atomic E-state index is 10.4. The third-order valence-corrected chi connectivity index (χ3v) is 3.00. The van der Waals surface area contributed by atoms with E-state index in [9.17, 15) is 4.79 Å². The smallest absolute Gasteiger partial charge is 0.370 e. The van der Waals surface area contributed by atoms with Gasteiger partial charge in [0.2, 0.25) is 5.76 Å². The van der Waals surface area contributed by atoms with Gasteiger partial charge in [-0.15, -0.1) is 11.3 Å². The highest BCUT2D eigenvalue weighted by Crippen LogP contribution is 2.27. The van der Waals surface area contributed by atoms with Crippen LogP contribution < -0.4 is 0 Å². The lowest BCUT2D eigenvalue weighted by Gasteiger charge is -1.93. The Morgan fingerprint density at radius 3 is 2.73 bits per heavy atom. The number of benzene rings is 1. The molecule has 0 aliphatic rings. The molecule has 0 bridgehead atoms. The summed E-state index contributed by atoms with van der Waals surface area (Å²) in [5.74, 6) is -1.95. The van der Waals surface area contributed by atoms with Crippen molar-refractivity contribution >= 4 is 33.5 Å². The molecule has 0 saturated heterocycles. The minimum absolute atomic E-state index is 0.640. The molecule has 0 saturated carbocycles. The first-order valence-electron chi connectivity index (χ1n) is 4.28. The van der Waals surface area contributed by atoms with E-state index in [4.69, 9.17) is 10.2 Å². The quantitative estimate of drug-likeness (QED) is 0.604. The second-order valence-corrected chi connectivity index (χ2v) is 3.93. The van der Waals surface area contributed by atoms with Gasteiger partial charge in [-0.1, -0.05) is 18.2 Å². The third kappa shape index (κ3) is 1.85. The Morgan fingerprint density at radius 2 is 2.00 bits per heavy atom. The number of aliphatic hydroxyl groups excluding tert-OH is 1. The number of hydrogen-bond acceptors (Lipinski definition) is 3. The maximum absolute atomic E-state index is 10.4. The zero-order valence-corrected chi connectivity index (χ0v) is 8.49. The van der Waals surface area contributed by atoms with E-state index in [-0.39, 0.29) is 0 Å². The molecule has 0 aliphatic carbocycles. The molecule has 3 nitrogen and oxygen atoms in total. The molecule has 1 heterocycles. The van der Waals surface area contributed by atoms with Gasteiger partial charge in [0, 0.05) is 4.70 Å². The van der Waals surface area contributed by atoms with Gasteiger partial charge in [0.1, 0.15) is 0 Å². The van der Waals surface area contributed by atoms with Crippen LogP contribution in [0.15, 0.2) is 35.4 Å². The van der Waals surface area contributed by atoms with Gasteiger partial charge in [-0.2, -0.15) is 0 Å². The van der Waals surface area contributed by atoms with E-state index in [1.807, 2.05) is 29.6 Å². The number of hydrogen-bond donors (Lipinski definition) is 2. The van der Waals surface area contributed by atoms with Crippen LogP contribution in [0.2, 0.25) is 0 Å². The van der Waals surface area contributed by atoms with Crippen molar-refractivity contribution in [2.24, 2.45) is 0 Å². The number of fused-ring (bicyclic) bond motifs is 1. The predicted octanol–water partition coefficient (Wildman–Crippen LogP) is 2.88. The predicted molar refractivity (Wildman–Crippen MR) is 60.1 cm³/mol. The van der Waals surface area contributed by atoms with Crippen molar-refractivity contribution in [1.82, 2.24) is 0 Å². The third-order valence-electron chi connectivity index (χ3n) is 2.02. The molecule has 0 atom stereocenters. The van der Waals surface area contributed by atoms with Crippen LogP contribution in [0.5, 0.6) is 0 Å². The summed E-state index contributed by atoms with van der Waals surface area (Å²) in [6.45, 7) is 0. The fraction of sp³-hybridized carbons (Fsp3) is 0. The number of thiophene rings is 1. The summed E-state index contributed by atoms with van der Waals surface area (Å²) in [6.07, 6.45) is 1.27. The van der Waals surface area contributed by atoms with E-state index in [1.54, 1.807) is 0 Å². The molecule has 0 radical (unpaired) electrons. The molecule has 2 N–H and O–H groups in total. The van der Waals surface area contributed by atoms with Crippen LogP contribution in [0.3, 0.4) is 0 Å². The lowest BCUT2D eigenvalue weighted by molar-refractivity contribution is -0.135. The van der Waals surface area contributed by atoms with E-state index in [1.165, 1.54) is 17.4 Å². The summed E-state index contributed by atoms with van der Waals surface area (Å²) in [5.41, 5.74) is 0.732. The molecular formula is C11H8O3S. The van der Waals surface area contributed by atoms with Gasteiger partial charge in [-0.25, -0.2) is 4.79 Å². The number of carboxylic acid groups (broad SMARTS) is 1. The molecule has 1 aromatic heterocycles. The van der Waals surface area contributed by atoms with Gasteiger partial charge in [0.25, 0.3) is 0 Å². The van der Waals surface area contributed by atoms with Gasteiger partial charge in [-0.05, 0) is 28.5 Å². The van der Waals surface area contributed by atoms with E-state index in [2.05, 4.69) is 0 Å². The zero-order valence-electron chi connectivity index (χ0n) is 7.68. The molecule has 0 fully saturated rings. The number of aliphatic carboxylic acids is 1. The fourth-order valence-corrected chi connectivity index (χ4v) is 2.24. The minimum atomic E-state index is -1.31. The van der Waals surface area contributed by atoms with Crippen LogP contribution in [0, 0.1) is 0 Å². The van der Waals surface area contributed by atoms with Crippen LogP contribution >= 0.6 is 11.3 Å². The highest BCUT2D eigenvalue weighted by atomic mass is 32.1. The normalized spacial score (nSPS) is 11.9. The van der Waals surface area contributed by atoms with Crippen molar-refractivity contribution in [2.75, 3.05) is 0 Å². The summed E-state index contributed by atoms with van der Waals surface area (Å²) >= 11 is 1.52. The van der Waals surface area contributed by atoms with Gasteiger partial charge in [-0.3, -0.25) is 0 Å². The molecular weight excluding hydrogens is 212 g/mol. The van der Waals surface area contributed by atoms with E-state index in [0.29, 0.717) is 0 Å². The van der Waals surface area contributed by atoms with E-state index >= 15 is 0 Å². The highest BCUT2D eigenvalue weighted by molar-refractivity contribution is 7.17. The fourth-order valence-electron chi connectivity index (χ4n) is 1.32. The number of carbonyl (C=O) groups is 1. The van der Waals surface area contributed by atoms with Gasteiger partial charge < -0.3 is 10.2 Å². The summed E-state index contributed by atoms with van der Waals surface area (Å²) in [4.78, 5) is 10.4. The lowest BCUT2D eigenvalue weighted by Crippen LogP contribution is -1.97. The Labute approximate surface area is 89.9 Å². The number of rotatable bonds is 2. The first-order valence-corrected chi connectivity index (χ1v) is 5.16. The topological polar surface area (TPSA) is 57.5 Å². The van der Waals surface area contributed by atoms with E-state index < -0.39 is 11.7 Å². The van der Waals surface area contributed by atoms with Crippen LogP contribution in [0.1, 0.15) is 5.56 Å².